The van der Waals surface area contributed by atoms with Crippen molar-refractivity contribution in [1.29, 1.82) is 0 Å². The van der Waals surface area contributed by atoms with E-state index < -0.39 is 5.91 Å². The Kier molecular flexibility index (Phi) is 5.12. The topological polar surface area (TPSA) is 120 Å². The number of nitrogens with zero attached hydrogens (tertiary/aromatic N) is 5. The van der Waals surface area contributed by atoms with E-state index in [-0.39, 0.29) is 11.6 Å². The van der Waals surface area contributed by atoms with Crippen LogP contribution < -0.4 is 14.8 Å². The fourth-order valence-corrected chi connectivity index (χ4v) is 2.97. The Hall–Kier alpha value is -4.21. The predicted molar refractivity (Wildman–Crippen MR) is 109 cm³/mol. The number of aromatic nitrogens is 6. The van der Waals surface area contributed by atoms with Crippen LogP contribution in [0.5, 0.6) is 11.5 Å². The van der Waals surface area contributed by atoms with Gasteiger partial charge in [-0.2, -0.15) is 4.98 Å². The maximum absolute atomic E-state index is 12.7. The quantitative estimate of drug-likeness (QED) is 0.506. The Morgan fingerprint density at radius 1 is 1.10 bits per heavy atom. The number of ether oxygens (including phenoxy) is 2. The van der Waals surface area contributed by atoms with Gasteiger partial charge in [-0.1, -0.05) is 23.4 Å². The van der Waals surface area contributed by atoms with Gasteiger partial charge in [0.05, 0.1) is 31.2 Å². The van der Waals surface area contributed by atoms with E-state index in [9.17, 15) is 4.79 Å². The molecule has 0 saturated carbocycles. The first-order chi connectivity index (χ1) is 14.6. The Balaban J connectivity index is 1.55. The average Bonchev–Trinajstić information content (AvgIpc) is 3.40. The Morgan fingerprint density at radius 3 is 2.73 bits per heavy atom. The summed E-state index contributed by atoms with van der Waals surface area (Å²) in [5.74, 6) is 1.45. The van der Waals surface area contributed by atoms with Gasteiger partial charge >= 0.3 is 0 Å². The van der Waals surface area contributed by atoms with Crippen LogP contribution in [0.2, 0.25) is 0 Å². The fourth-order valence-electron chi connectivity index (χ4n) is 2.97. The number of anilines is 1. The second-order valence-corrected chi connectivity index (χ2v) is 6.30. The first-order valence-electron chi connectivity index (χ1n) is 9.04. The molecule has 0 fully saturated rings. The minimum atomic E-state index is -0.466. The van der Waals surface area contributed by atoms with Crippen molar-refractivity contribution >= 4 is 11.9 Å². The number of aromatic amines is 1. The molecule has 10 heteroatoms. The monoisotopic (exact) mass is 405 g/mol. The lowest BCUT2D eigenvalue weighted by Crippen LogP contribution is -2.15. The molecule has 0 aliphatic heterocycles. The summed E-state index contributed by atoms with van der Waals surface area (Å²) in [5.41, 5.74) is 2.20. The minimum absolute atomic E-state index is 0.122. The Morgan fingerprint density at radius 2 is 1.93 bits per heavy atom. The van der Waals surface area contributed by atoms with Crippen LogP contribution in [0.15, 0.2) is 48.5 Å². The maximum atomic E-state index is 12.7. The summed E-state index contributed by atoms with van der Waals surface area (Å²) in [5, 5.41) is 17.6. The summed E-state index contributed by atoms with van der Waals surface area (Å²) in [7, 11) is 3.16. The largest absolute Gasteiger partial charge is 0.497 e. The fraction of sp³-hybridized carbons (Fsp3) is 0.150. The van der Waals surface area contributed by atoms with Crippen molar-refractivity contribution in [3.63, 3.8) is 0 Å². The molecule has 4 aromatic rings. The highest BCUT2D eigenvalue weighted by atomic mass is 16.5. The predicted octanol–water partition coefficient (Wildman–Crippen LogP) is 2.63. The molecule has 0 aliphatic rings. The first-order valence-corrected chi connectivity index (χ1v) is 9.04. The van der Waals surface area contributed by atoms with Gasteiger partial charge in [-0.25, -0.2) is 4.68 Å². The average molecular weight is 405 g/mol. The van der Waals surface area contributed by atoms with Crippen molar-refractivity contribution in [3.05, 3.63) is 59.9 Å². The molecule has 4 rings (SSSR count). The Labute approximate surface area is 171 Å². The number of hydrogen-bond donors (Lipinski definition) is 2. The third kappa shape index (κ3) is 3.58. The minimum Gasteiger partial charge on any atom is -0.497 e. The molecule has 30 heavy (non-hydrogen) atoms. The molecule has 152 valence electrons. The molecule has 0 saturated heterocycles. The van der Waals surface area contributed by atoms with Gasteiger partial charge in [-0.05, 0) is 31.2 Å². The van der Waals surface area contributed by atoms with Crippen LogP contribution in [0.3, 0.4) is 0 Å². The van der Waals surface area contributed by atoms with Crippen molar-refractivity contribution in [1.82, 2.24) is 30.2 Å². The smallest absolute Gasteiger partial charge is 0.280 e. The van der Waals surface area contributed by atoms with Crippen molar-refractivity contribution in [2.75, 3.05) is 19.5 Å². The van der Waals surface area contributed by atoms with Crippen LogP contribution in [0.25, 0.3) is 17.1 Å². The molecule has 0 spiro atoms. The molecule has 2 aromatic carbocycles. The lowest BCUT2D eigenvalue weighted by Gasteiger charge is -2.06. The number of carbonyl (C=O) groups is 1. The molecule has 0 unspecified atom stereocenters. The molecular weight excluding hydrogens is 386 g/mol. The van der Waals surface area contributed by atoms with Crippen LogP contribution in [0, 0.1) is 6.92 Å². The van der Waals surface area contributed by atoms with E-state index in [0.29, 0.717) is 23.0 Å². The van der Waals surface area contributed by atoms with E-state index in [4.69, 9.17) is 9.47 Å². The van der Waals surface area contributed by atoms with E-state index >= 15 is 0 Å². The molecule has 0 aliphatic carbocycles. The van der Waals surface area contributed by atoms with Gasteiger partial charge in [0.15, 0.2) is 11.5 Å². The molecule has 0 bridgehead atoms. The van der Waals surface area contributed by atoms with Crippen molar-refractivity contribution in [3.8, 4) is 28.6 Å². The summed E-state index contributed by atoms with van der Waals surface area (Å²) in [4.78, 5) is 17.0. The number of para-hydroxylation sites is 1. The molecule has 1 amide bonds. The molecule has 0 radical (unpaired) electrons. The normalized spacial score (nSPS) is 10.6. The zero-order chi connectivity index (χ0) is 21.1. The van der Waals surface area contributed by atoms with Crippen molar-refractivity contribution in [2.45, 2.75) is 6.92 Å². The van der Waals surface area contributed by atoms with Crippen molar-refractivity contribution < 1.29 is 14.3 Å². The molecule has 2 aromatic heterocycles. The van der Waals surface area contributed by atoms with Gasteiger partial charge in [0, 0.05) is 6.07 Å². The molecule has 10 nitrogen and oxygen atoms in total. The first kappa shape index (κ1) is 19.1. The highest BCUT2D eigenvalue weighted by Gasteiger charge is 2.20. The van der Waals surface area contributed by atoms with Gasteiger partial charge in [-0.15, -0.1) is 10.2 Å². The molecule has 0 atom stereocenters. The van der Waals surface area contributed by atoms with Gasteiger partial charge in [0.25, 0.3) is 5.91 Å². The van der Waals surface area contributed by atoms with Crippen LogP contribution in [-0.4, -0.2) is 50.3 Å². The lowest BCUT2D eigenvalue weighted by molar-refractivity contribution is 0.102. The second kappa shape index (κ2) is 8.03. The third-order valence-electron chi connectivity index (χ3n) is 4.48. The van der Waals surface area contributed by atoms with E-state index in [2.05, 4.69) is 30.8 Å². The number of carbonyl (C=O) groups excluding carboxylic acids is 1. The summed E-state index contributed by atoms with van der Waals surface area (Å²) in [6.45, 7) is 1.76. The number of amides is 1. The zero-order valence-corrected chi connectivity index (χ0v) is 16.6. The summed E-state index contributed by atoms with van der Waals surface area (Å²) >= 11 is 0. The van der Waals surface area contributed by atoms with Crippen LogP contribution >= 0.6 is 0 Å². The number of methoxy groups -OCH3 is 2. The molecular formula is C20H19N7O3. The highest BCUT2D eigenvalue weighted by Crippen LogP contribution is 2.27. The van der Waals surface area contributed by atoms with E-state index in [0.717, 1.165) is 11.3 Å². The van der Waals surface area contributed by atoms with Crippen molar-refractivity contribution in [2.24, 2.45) is 0 Å². The number of benzene rings is 2. The molecule has 2 heterocycles. The van der Waals surface area contributed by atoms with Gasteiger partial charge in [0.1, 0.15) is 11.5 Å². The third-order valence-corrected chi connectivity index (χ3v) is 4.48. The SMILES string of the molecule is COc1cccc(-n2nnc(C(=O)Nc3n[nH]c(-c4ccccc4OC)n3)c2C)c1. The Bertz CT molecular complexity index is 1200. The van der Waals surface area contributed by atoms with Gasteiger partial charge < -0.3 is 9.47 Å². The van der Waals surface area contributed by atoms with Crippen LogP contribution in [0.4, 0.5) is 5.95 Å². The second-order valence-electron chi connectivity index (χ2n) is 6.30. The van der Waals surface area contributed by atoms with E-state index in [1.807, 2.05) is 42.5 Å². The van der Waals surface area contributed by atoms with Crippen LogP contribution in [-0.2, 0) is 0 Å². The maximum Gasteiger partial charge on any atom is 0.280 e. The zero-order valence-electron chi connectivity index (χ0n) is 16.6. The summed E-state index contributed by atoms with van der Waals surface area (Å²) in [6.07, 6.45) is 0. The summed E-state index contributed by atoms with van der Waals surface area (Å²) in [6, 6.07) is 14.7. The van der Waals surface area contributed by atoms with Gasteiger partial charge in [0.2, 0.25) is 5.95 Å². The van der Waals surface area contributed by atoms with E-state index in [1.165, 1.54) is 0 Å². The lowest BCUT2D eigenvalue weighted by atomic mass is 10.2. The highest BCUT2D eigenvalue weighted by molar-refractivity contribution is 6.02. The molecule has 2 N–H and O–H groups in total. The standard InChI is InChI=1S/C20H19N7O3/c1-12-17(23-26-27(12)13-7-6-8-14(11-13)29-2)19(28)22-20-21-18(24-25-20)15-9-4-5-10-16(15)30-3/h4-11H,1-3H3,(H2,21,22,24,25,28). The summed E-state index contributed by atoms with van der Waals surface area (Å²) < 4.78 is 12.1. The number of rotatable bonds is 6. The number of hydrogen-bond acceptors (Lipinski definition) is 7. The van der Waals surface area contributed by atoms with Crippen LogP contribution in [0.1, 0.15) is 16.2 Å². The number of H-pyrrole nitrogens is 1. The van der Waals surface area contributed by atoms with E-state index in [1.54, 1.807) is 31.9 Å². The van der Waals surface area contributed by atoms with Gasteiger partial charge in [-0.3, -0.25) is 15.2 Å². The number of nitrogens with one attached hydrogen (secondary N) is 2.